The molecule has 1 atom stereocenters. The molecule has 0 spiro atoms. The van der Waals surface area contributed by atoms with Crippen molar-refractivity contribution >= 4 is 38.9 Å². The van der Waals surface area contributed by atoms with E-state index in [1.54, 1.807) is 37.3 Å². The number of sulfonamides is 1. The summed E-state index contributed by atoms with van der Waals surface area (Å²) in [6, 6.07) is 20.0. The number of amides is 1. The van der Waals surface area contributed by atoms with Crippen LogP contribution in [-0.4, -0.2) is 20.4 Å². The maximum absolute atomic E-state index is 12.7. The Morgan fingerprint density at radius 1 is 1.03 bits per heavy atom. The van der Waals surface area contributed by atoms with Crippen LogP contribution in [0, 0.1) is 6.92 Å². The maximum atomic E-state index is 12.7. The second kappa shape index (κ2) is 9.85. The van der Waals surface area contributed by atoms with Crippen LogP contribution >= 0.6 is 11.6 Å². The zero-order valence-electron chi connectivity index (χ0n) is 17.1. The number of rotatable bonds is 8. The average molecular weight is 459 g/mol. The third-order valence-corrected chi connectivity index (χ3v) is 6.18. The summed E-state index contributed by atoms with van der Waals surface area (Å²) in [5.74, 6) is 0.294. The van der Waals surface area contributed by atoms with Gasteiger partial charge in [0, 0.05) is 10.7 Å². The molecule has 31 heavy (non-hydrogen) atoms. The quantitative estimate of drug-likeness (QED) is 0.483. The summed E-state index contributed by atoms with van der Waals surface area (Å²) in [6.45, 7) is 3.64. The zero-order valence-corrected chi connectivity index (χ0v) is 18.7. The first-order valence-electron chi connectivity index (χ1n) is 9.70. The highest BCUT2D eigenvalue weighted by atomic mass is 35.5. The summed E-state index contributed by atoms with van der Waals surface area (Å²) in [5, 5.41) is 3.20. The number of nitrogens with one attached hydrogen (secondary N) is 2. The molecule has 3 aromatic rings. The van der Waals surface area contributed by atoms with E-state index in [2.05, 4.69) is 10.0 Å². The molecular formula is C23H23ClN2O4S. The van der Waals surface area contributed by atoms with Gasteiger partial charge in [-0.05, 0) is 67.4 Å². The first-order chi connectivity index (χ1) is 14.8. The largest absolute Gasteiger partial charge is 0.481 e. The molecule has 8 heteroatoms. The third-order valence-electron chi connectivity index (χ3n) is 4.56. The monoisotopic (exact) mass is 458 g/mol. The molecule has 0 fully saturated rings. The molecule has 0 saturated heterocycles. The molecule has 0 aliphatic carbocycles. The van der Waals surface area contributed by atoms with E-state index in [1.807, 2.05) is 25.1 Å². The van der Waals surface area contributed by atoms with Gasteiger partial charge in [0.1, 0.15) is 5.75 Å². The molecule has 3 aromatic carbocycles. The van der Waals surface area contributed by atoms with Crippen LogP contribution in [0.1, 0.15) is 18.9 Å². The van der Waals surface area contributed by atoms with Crippen LogP contribution < -0.4 is 14.8 Å². The molecule has 0 saturated carbocycles. The van der Waals surface area contributed by atoms with E-state index in [1.165, 1.54) is 24.3 Å². The predicted molar refractivity (Wildman–Crippen MR) is 123 cm³/mol. The van der Waals surface area contributed by atoms with E-state index in [9.17, 15) is 13.2 Å². The molecule has 162 valence electrons. The minimum Gasteiger partial charge on any atom is -0.481 e. The van der Waals surface area contributed by atoms with Crippen molar-refractivity contribution in [1.82, 2.24) is 0 Å². The molecule has 0 bridgehead atoms. The fraction of sp³-hybridized carbons (Fsp3) is 0.174. The highest BCUT2D eigenvalue weighted by Gasteiger charge is 2.20. The molecule has 0 unspecified atom stereocenters. The summed E-state index contributed by atoms with van der Waals surface area (Å²) in [5.41, 5.74) is 1.63. The van der Waals surface area contributed by atoms with Gasteiger partial charge in [-0.25, -0.2) is 8.42 Å². The highest BCUT2D eigenvalue weighted by Crippen LogP contribution is 2.24. The Kier molecular flexibility index (Phi) is 7.20. The van der Waals surface area contributed by atoms with Crippen molar-refractivity contribution in [3.63, 3.8) is 0 Å². The standard InChI is InChI=1S/C23H23ClN2O4S/c1-3-22(30-19-7-5-4-6-8-19)23(27)25-18-11-13-20(14-12-18)31(28,29)26-21-15-17(24)10-9-16(21)2/h4-15,22,26H,3H2,1-2H3,(H,25,27)/t22-/m0/s1. The molecule has 3 rings (SSSR count). The Hall–Kier alpha value is -3.03. The number of anilines is 2. The van der Waals surface area contributed by atoms with Crippen LogP contribution in [0.5, 0.6) is 5.75 Å². The third kappa shape index (κ3) is 5.99. The molecule has 0 aliphatic heterocycles. The van der Waals surface area contributed by atoms with E-state index < -0.39 is 16.1 Å². The van der Waals surface area contributed by atoms with Crippen molar-refractivity contribution in [2.24, 2.45) is 0 Å². The van der Waals surface area contributed by atoms with Gasteiger partial charge in [-0.3, -0.25) is 9.52 Å². The second-order valence-corrected chi connectivity index (χ2v) is 9.03. The van der Waals surface area contributed by atoms with Gasteiger partial charge >= 0.3 is 0 Å². The van der Waals surface area contributed by atoms with Crippen molar-refractivity contribution < 1.29 is 17.9 Å². The van der Waals surface area contributed by atoms with Crippen LogP contribution in [0.4, 0.5) is 11.4 Å². The van der Waals surface area contributed by atoms with Gasteiger partial charge < -0.3 is 10.1 Å². The fourth-order valence-electron chi connectivity index (χ4n) is 2.83. The molecule has 0 aromatic heterocycles. The number of hydrogen-bond acceptors (Lipinski definition) is 4. The topological polar surface area (TPSA) is 84.5 Å². The summed E-state index contributed by atoms with van der Waals surface area (Å²) in [7, 11) is -3.81. The lowest BCUT2D eigenvalue weighted by molar-refractivity contribution is -0.122. The Balaban J connectivity index is 1.68. The molecule has 0 heterocycles. The first kappa shape index (κ1) is 22.7. The number of carbonyl (C=O) groups excluding carboxylic acids is 1. The molecule has 2 N–H and O–H groups in total. The average Bonchev–Trinajstić information content (AvgIpc) is 2.75. The number of hydrogen-bond donors (Lipinski definition) is 2. The van der Waals surface area contributed by atoms with E-state index in [4.69, 9.17) is 16.3 Å². The van der Waals surface area contributed by atoms with Gasteiger partial charge in [0.05, 0.1) is 10.6 Å². The molecular weight excluding hydrogens is 436 g/mol. The summed E-state index contributed by atoms with van der Waals surface area (Å²) in [6.07, 6.45) is -0.186. The van der Waals surface area contributed by atoms with Crippen molar-refractivity contribution in [1.29, 1.82) is 0 Å². The lowest BCUT2D eigenvalue weighted by atomic mass is 10.2. The SMILES string of the molecule is CC[C@H](Oc1ccccc1)C(=O)Nc1ccc(S(=O)(=O)Nc2cc(Cl)ccc2C)cc1. The van der Waals surface area contributed by atoms with E-state index in [0.717, 1.165) is 5.56 Å². The smallest absolute Gasteiger partial charge is 0.265 e. The van der Waals surface area contributed by atoms with Gasteiger partial charge in [-0.15, -0.1) is 0 Å². The Labute approximate surface area is 187 Å². The number of benzene rings is 3. The van der Waals surface area contributed by atoms with Gasteiger partial charge in [-0.1, -0.05) is 42.8 Å². The van der Waals surface area contributed by atoms with Gasteiger partial charge in [-0.2, -0.15) is 0 Å². The van der Waals surface area contributed by atoms with E-state index in [-0.39, 0.29) is 10.8 Å². The summed E-state index contributed by atoms with van der Waals surface area (Å²) in [4.78, 5) is 12.6. The van der Waals surface area contributed by atoms with Crippen molar-refractivity contribution in [2.45, 2.75) is 31.3 Å². The zero-order chi connectivity index (χ0) is 22.4. The normalized spacial score (nSPS) is 12.1. The van der Waals surface area contributed by atoms with Crippen molar-refractivity contribution in [3.05, 3.63) is 83.4 Å². The second-order valence-electron chi connectivity index (χ2n) is 6.91. The minimum absolute atomic E-state index is 0.0671. The van der Waals surface area contributed by atoms with Gasteiger partial charge in [0.25, 0.3) is 15.9 Å². The maximum Gasteiger partial charge on any atom is 0.265 e. The molecule has 1 amide bonds. The first-order valence-corrected chi connectivity index (χ1v) is 11.6. The van der Waals surface area contributed by atoms with Crippen LogP contribution in [0.2, 0.25) is 5.02 Å². The highest BCUT2D eigenvalue weighted by molar-refractivity contribution is 7.92. The van der Waals surface area contributed by atoms with Gasteiger partial charge in [0.15, 0.2) is 6.10 Å². The molecule has 6 nitrogen and oxygen atoms in total. The Morgan fingerprint density at radius 3 is 2.35 bits per heavy atom. The Morgan fingerprint density at radius 2 is 1.71 bits per heavy atom. The fourth-order valence-corrected chi connectivity index (χ4v) is 4.13. The van der Waals surface area contributed by atoms with E-state index >= 15 is 0 Å². The number of carbonyl (C=O) groups is 1. The van der Waals surface area contributed by atoms with E-state index in [0.29, 0.717) is 28.6 Å². The summed E-state index contributed by atoms with van der Waals surface area (Å²) >= 11 is 5.96. The lowest BCUT2D eigenvalue weighted by Gasteiger charge is -2.17. The number of aryl methyl sites for hydroxylation is 1. The number of ether oxygens (including phenoxy) is 1. The van der Waals surface area contributed by atoms with Crippen LogP contribution in [-0.2, 0) is 14.8 Å². The van der Waals surface area contributed by atoms with Gasteiger partial charge in [0.2, 0.25) is 0 Å². The predicted octanol–water partition coefficient (Wildman–Crippen LogP) is 5.25. The lowest BCUT2D eigenvalue weighted by Crippen LogP contribution is -2.32. The summed E-state index contributed by atoms with van der Waals surface area (Å²) < 4.78 is 33.7. The van der Waals surface area contributed by atoms with Crippen LogP contribution in [0.15, 0.2) is 77.7 Å². The Bertz CT molecular complexity index is 1150. The van der Waals surface area contributed by atoms with Crippen molar-refractivity contribution in [3.8, 4) is 5.75 Å². The number of para-hydroxylation sites is 1. The number of halogens is 1. The minimum atomic E-state index is -3.81. The van der Waals surface area contributed by atoms with Crippen molar-refractivity contribution in [2.75, 3.05) is 10.0 Å². The van der Waals surface area contributed by atoms with Crippen LogP contribution in [0.3, 0.4) is 0 Å². The molecule has 0 radical (unpaired) electrons. The van der Waals surface area contributed by atoms with Crippen LogP contribution in [0.25, 0.3) is 0 Å². The molecule has 0 aliphatic rings.